The Morgan fingerprint density at radius 1 is 1.29 bits per heavy atom. The van der Waals surface area contributed by atoms with Gasteiger partial charge in [-0.15, -0.1) is 0 Å². The normalized spacial score (nSPS) is 11.5. The molecule has 6 nitrogen and oxygen atoms in total. The Labute approximate surface area is 149 Å². The molecule has 0 unspecified atom stereocenters. The van der Waals surface area contributed by atoms with E-state index in [9.17, 15) is 14.7 Å². The highest BCUT2D eigenvalue weighted by molar-refractivity contribution is 9.10. The molecule has 0 aliphatic heterocycles. The van der Waals surface area contributed by atoms with Crippen LogP contribution in [-0.4, -0.2) is 35.8 Å². The Morgan fingerprint density at radius 3 is 2.58 bits per heavy atom. The molecule has 130 valence electrons. The SMILES string of the molecule is CC(=N)/C(C(C)=O)=C(/O)COC(=O)CCCOc1cccc(Br)c1. The van der Waals surface area contributed by atoms with Gasteiger partial charge in [-0.1, -0.05) is 22.0 Å². The third-order valence-electron chi connectivity index (χ3n) is 2.98. The van der Waals surface area contributed by atoms with Gasteiger partial charge in [-0.2, -0.15) is 0 Å². The summed E-state index contributed by atoms with van der Waals surface area (Å²) in [4.78, 5) is 22.9. The number of halogens is 1. The number of aliphatic hydroxyl groups is 1. The Kier molecular flexibility index (Phi) is 8.18. The van der Waals surface area contributed by atoms with Crippen LogP contribution in [0.3, 0.4) is 0 Å². The summed E-state index contributed by atoms with van der Waals surface area (Å²) in [7, 11) is 0. The van der Waals surface area contributed by atoms with Crippen LogP contribution in [0.5, 0.6) is 5.75 Å². The van der Waals surface area contributed by atoms with E-state index < -0.39 is 24.1 Å². The zero-order valence-corrected chi connectivity index (χ0v) is 15.2. The minimum Gasteiger partial charge on any atom is -0.508 e. The zero-order valence-electron chi connectivity index (χ0n) is 13.6. The molecule has 0 fully saturated rings. The number of rotatable bonds is 9. The molecule has 24 heavy (non-hydrogen) atoms. The molecule has 0 aromatic heterocycles. The lowest BCUT2D eigenvalue weighted by molar-refractivity contribution is -0.143. The molecular weight excluding hydrogens is 378 g/mol. The Morgan fingerprint density at radius 2 is 2.00 bits per heavy atom. The second kappa shape index (κ2) is 9.87. The molecule has 0 aliphatic rings. The van der Waals surface area contributed by atoms with E-state index in [4.69, 9.17) is 14.9 Å². The highest BCUT2D eigenvalue weighted by atomic mass is 79.9. The Hall–Kier alpha value is -2.15. The highest BCUT2D eigenvalue weighted by Gasteiger charge is 2.15. The fraction of sp³-hybridized carbons (Fsp3) is 0.353. The average molecular weight is 398 g/mol. The van der Waals surface area contributed by atoms with Crippen LogP contribution in [0.2, 0.25) is 0 Å². The lowest BCUT2D eigenvalue weighted by Crippen LogP contribution is -2.15. The molecule has 0 bridgehead atoms. The smallest absolute Gasteiger partial charge is 0.306 e. The fourth-order valence-electron chi connectivity index (χ4n) is 1.94. The molecule has 0 aliphatic carbocycles. The average Bonchev–Trinajstić information content (AvgIpc) is 2.49. The number of ether oxygens (including phenoxy) is 2. The van der Waals surface area contributed by atoms with Crippen LogP contribution < -0.4 is 4.74 Å². The minimum absolute atomic E-state index is 0.0709. The third kappa shape index (κ3) is 6.95. The number of benzene rings is 1. The zero-order chi connectivity index (χ0) is 18.1. The van der Waals surface area contributed by atoms with Crippen LogP contribution in [-0.2, 0) is 14.3 Å². The lowest BCUT2D eigenvalue weighted by Gasteiger charge is -2.09. The maximum absolute atomic E-state index is 11.6. The number of Topliss-reactive ketones (excluding diaryl/α,β-unsaturated/α-hetero) is 1. The van der Waals surface area contributed by atoms with E-state index in [-0.39, 0.29) is 17.7 Å². The number of hydrogen-bond acceptors (Lipinski definition) is 6. The molecule has 0 radical (unpaired) electrons. The van der Waals surface area contributed by atoms with Crippen molar-refractivity contribution in [3.05, 3.63) is 40.1 Å². The van der Waals surface area contributed by atoms with Crippen molar-refractivity contribution in [2.24, 2.45) is 0 Å². The molecule has 1 rings (SSSR count). The first-order valence-corrected chi connectivity index (χ1v) is 8.13. The van der Waals surface area contributed by atoms with E-state index in [0.717, 1.165) is 4.47 Å². The first kappa shape index (κ1) is 19.9. The largest absolute Gasteiger partial charge is 0.508 e. The minimum atomic E-state index is -0.509. The second-order valence-electron chi connectivity index (χ2n) is 5.07. The van der Waals surface area contributed by atoms with Crippen molar-refractivity contribution in [3.63, 3.8) is 0 Å². The van der Waals surface area contributed by atoms with Gasteiger partial charge in [0.15, 0.2) is 5.78 Å². The summed E-state index contributed by atoms with van der Waals surface area (Å²) in [5.41, 5.74) is -0.195. The summed E-state index contributed by atoms with van der Waals surface area (Å²) in [5, 5.41) is 17.2. The number of aliphatic hydroxyl groups excluding tert-OH is 1. The van der Waals surface area contributed by atoms with Crippen molar-refractivity contribution < 1.29 is 24.2 Å². The molecule has 2 N–H and O–H groups in total. The van der Waals surface area contributed by atoms with Gasteiger partial charge in [0, 0.05) is 16.6 Å². The fourth-order valence-corrected chi connectivity index (χ4v) is 2.32. The van der Waals surface area contributed by atoms with Crippen LogP contribution in [0, 0.1) is 5.41 Å². The monoisotopic (exact) mass is 397 g/mol. The standard InChI is InChI=1S/C17H20BrNO5/c1-11(19)17(12(2)20)15(21)10-24-16(22)7-4-8-23-14-6-3-5-13(18)9-14/h3,5-6,9,19,21H,4,7-8,10H2,1-2H3/b17-15-,19-11?. The van der Waals surface area contributed by atoms with Crippen LogP contribution in [0.15, 0.2) is 40.1 Å². The lowest BCUT2D eigenvalue weighted by atomic mass is 10.1. The molecule has 0 amide bonds. The summed E-state index contributed by atoms with van der Waals surface area (Å²) in [6.45, 7) is 2.56. The molecule has 0 spiro atoms. The summed E-state index contributed by atoms with van der Waals surface area (Å²) < 4.78 is 11.3. The van der Waals surface area contributed by atoms with Crippen LogP contribution in [0.25, 0.3) is 0 Å². The first-order valence-electron chi connectivity index (χ1n) is 7.33. The van der Waals surface area contributed by atoms with Crippen LogP contribution in [0.4, 0.5) is 0 Å². The molecular formula is C17H20BrNO5. The quantitative estimate of drug-likeness (QED) is 0.218. The second-order valence-corrected chi connectivity index (χ2v) is 5.99. The van der Waals surface area contributed by atoms with E-state index >= 15 is 0 Å². The van der Waals surface area contributed by atoms with Crippen molar-refractivity contribution in [1.29, 1.82) is 5.41 Å². The van der Waals surface area contributed by atoms with Gasteiger partial charge >= 0.3 is 5.97 Å². The third-order valence-corrected chi connectivity index (χ3v) is 3.47. The molecule has 1 aromatic rings. The van der Waals surface area contributed by atoms with Gasteiger partial charge < -0.3 is 20.0 Å². The number of hydrogen-bond donors (Lipinski definition) is 2. The first-order chi connectivity index (χ1) is 11.3. The van der Waals surface area contributed by atoms with Crippen LogP contribution in [0.1, 0.15) is 26.7 Å². The summed E-state index contributed by atoms with van der Waals surface area (Å²) in [5.74, 6) is -0.664. The van der Waals surface area contributed by atoms with Crippen LogP contribution >= 0.6 is 15.9 Å². The maximum atomic E-state index is 11.6. The predicted molar refractivity (Wildman–Crippen MR) is 93.6 cm³/mol. The van der Waals surface area contributed by atoms with E-state index in [2.05, 4.69) is 15.9 Å². The number of ketones is 1. The number of carbonyl (C=O) groups is 2. The number of nitrogens with one attached hydrogen (secondary N) is 1. The molecule has 0 atom stereocenters. The van der Waals surface area contributed by atoms with Gasteiger partial charge in [0.2, 0.25) is 0 Å². The van der Waals surface area contributed by atoms with Crippen molar-refractivity contribution in [1.82, 2.24) is 0 Å². The molecule has 0 heterocycles. The Bertz CT molecular complexity index is 638. The van der Waals surface area contributed by atoms with Crippen molar-refractivity contribution in [3.8, 4) is 5.75 Å². The van der Waals surface area contributed by atoms with Gasteiger partial charge in [-0.25, -0.2) is 0 Å². The number of allylic oxidation sites excluding steroid dienone is 1. The van der Waals surface area contributed by atoms with E-state index in [1.165, 1.54) is 13.8 Å². The molecule has 7 heteroatoms. The number of esters is 1. The Balaban J connectivity index is 2.35. The van der Waals surface area contributed by atoms with Gasteiger partial charge in [0.25, 0.3) is 0 Å². The molecule has 0 saturated carbocycles. The van der Waals surface area contributed by atoms with Crippen molar-refractivity contribution >= 4 is 33.4 Å². The topological polar surface area (TPSA) is 96.7 Å². The van der Waals surface area contributed by atoms with Crippen molar-refractivity contribution in [2.75, 3.05) is 13.2 Å². The number of carbonyl (C=O) groups excluding carboxylic acids is 2. The predicted octanol–water partition coefficient (Wildman–Crippen LogP) is 3.59. The van der Waals surface area contributed by atoms with Crippen molar-refractivity contribution in [2.45, 2.75) is 26.7 Å². The van der Waals surface area contributed by atoms with E-state index in [1.807, 2.05) is 24.3 Å². The molecule has 0 saturated heterocycles. The summed E-state index contributed by atoms with van der Waals surface area (Å²) in [6.07, 6.45) is 0.583. The molecule has 1 aromatic carbocycles. The van der Waals surface area contributed by atoms with E-state index in [0.29, 0.717) is 18.8 Å². The van der Waals surface area contributed by atoms with Gasteiger partial charge in [-0.3, -0.25) is 9.59 Å². The summed E-state index contributed by atoms with van der Waals surface area (Å²) in [6, 6.07) is 7.37. The van der Waals surface area contributed by atoms with Gasteiger partial charge in [0.1, 0.15) is 18.1 Å². The highest BCUT2D eigenvalue weighted by Crippen LogP contribution is 2.18. The van der Waals surface area contributed by atoms with Gasteiger partial charge in [-0.05, 0) is 38.5 Å². The van der Waals surface area contributed by atoms with E-state index in [1.54, 1.807) is 0 Å². The summed E-state index contributed by atoms with van der Waals surface area (Å²) >= 11 is 3.34. The van der Waals surface area contributed by atoms with Gasteiger partial charge in [0.05, 0.1) is 12.2 Å². The maximum Gasteiger partial charge on any atom is 0.306 e.